The minimum Gasteiger partial charge on any atom is -0.368 e. The molecule has 0 aliphatic heterocycles. The number of nitrogen functional groups attached to an aromatic ring is 1. The summed E-state index contributed by atoms with van der Waals surface area (Å²) in [6, 6.07) is 0. The van der Waals surface area contributed by atoms with Gasteiger partial charge in [-0.1, -0.05) is 18.0 Å². The normalized spacial score (nSPS) is 16.1. The molecule has 1 aliphatic carbocycles. The summed E-state index contributed by atoms with van der Waals surface area (Å²) in [7, 11) is 1.99. The Labute approximate surface area is 94.5 Å². The second-order valence-corrected chi connectivity index (χ2v) is 4.48. The number of nitrogens with two attached hydrogens (primary N) is 1. The standard InChI is InChI=1S/C10H15ClN4/c1-15(6-7-3-2-4-7)9-8(11)5-13-10(12)14-9/h5,7H,2-4,6H2,1H3,(H2,12,13,14). The zero-order chi connectivity index (χ0) is 10.8. The molecule has 0 radical (unpaired) electrons. The molecule has 4 nitrogen and oxygen atoms in total. The van der Waals surface area contributed by atoms with Crippen LogP contribution >= 0.6 is 11.6 Å². The monoisotopic (exact) mass is 226 g/mol. The summed E-state index contributed by atoms with van der Waals surface area (Å²) < 4.78 is 0. The van der Waals surface area contributed by atoms with E-state index in [1.54, 1.807) is 6.20 Å². The Morgan fingerprint density at radius 3 is 2.93 bits per heavy atom. The largest absolute Gasteiger partial charge is 0.368 e. The van der Waals surface area contributed by atoms with Gasteiger partial charge in [0.25, 0.3) is 0 Å². The summed E-state index contributed by atoms with van der Waals surface area (Å²) in [6.45, 7) is 0.996. The third-order valence-corrected chi connectivity index (χ3v) is 3.13. The number of hydrogen-bond donors (Lipinski definition) is 1. The van der Waals surface area contributed by atoms with Crippen LogP contribution in [0.4, 0.5) is 11.8 Å². The first-order chi connectivity index (χ1) is 7.16. The molecule has 82 valence electrons. The predicted molar refractivity (Wildman–Crippen MR) is 62.1 cm³/mol. The summed E-state index contributed by atoms with van der Waals surface area (Å²) in [4.78, 5) is 10.0. The van der Waals surface area contributed by atoms with Crippen molar-refractivity contribution in [3.05, 3.63) is 11.2 Å². The van der Waals surface area contributed by atoms with Crippen molar-refractivity contribution in [3.8, 4) is 0 Å². The summed E-state index contributed by atoms with van der Waals surface area (Å²) in [5, 5.41) is 0.561. The van der Waals surface area contributed by atoms with Crippen LogP contribution in [0.5, 0.6) is 0 Å². The highest BCUT2D eigenvalue weighted by Gasteiger charge is 2.20. The Kier molecular flexibility index (Phi) is 2.95. The number of aromatic nitrogens is 2. The van der Waals surface area contributed by atoms with E-state index in [-0.39, 0.29) is 5.95 Å². The molecule has 0 unspecified atom stereocenters. The van der Waals surface area contributed by atoms with Crippen LogP contribution in [-0.4, -0.2) is 23.6 Å². The quantitative estimate of drug-likeness (QED) is 0.856. The van der Waals surface area contributed by atoms with E-state index < -0.39 is 0 Å². The van der Waals surface area contributed by atoms with Crippen molar-refractivity contribution in [3.63, 3.8) is 0 Å². The first-order valence-electron chi connectivity index (χ1n) is 5.16. The Hall–Kier alpha value is -1.03. The Balaban J connectivity index is 2.09. The van der Waals surface area contributed by atoms with Crippen LogP contribution < -0.4 is 10.6 Å². The fraction of sp³-hybridized carbons (Fsp3) is 0.600. The van der Waals surface area contributed by atoms with Crippen molar-refractivity contribution in [2.75, 3.05) is 24.2 Å². The smallest absolute Gasteiger partial charge is 0.222 e. The van der Waals surface area contributed by atoms with E-state index in [9.17, 15) is 0 Å². The van der Waals surface area contributed by atoms with Gasteiger partial charge in [-0.2, -0.15) is 4.98 Å². The molecular formula is C10H15ClN4. The highest BCUT2D eigenvalue weighted by atomic mass is 35.5. The second-order valence-electron chi connectivity index (χ2n) is 4.08. The Morgan fingerprint density at radius 2 is 2.33 bits per heavy atom. The van der Waals surface area contributed by atoms with E-state index in [1.807, 2.05) is 7.05 Å². The molecule has 1 saturated carbocycles. The Morgan fingerprint density at radius 1 is 1.60 bits per heavy atom. The van der Waals surface area contributed by atoms with E-state index in [4.69, 9.17) is 17.3 Å². The lowest BCUT2D eigenvalue weighted by molar-refractivity contribution is 0.321. The van der Waals surface area contributed by atoms with Crippen molar-refractivity contribution in [1.29, 1.82) is 0 Å². The number of nitrogens with zero attached hydrogens (tertiary/aromatic N) is 3. The van der Waals surface area contributed by atoms with E-state index >= 15 is 0 Å². The van der Waals surface area contributed by atoms with Gasteiger partial charge in [0.2, 0.25) is 5.95 Å². The van der Waals surface area contributed by atoms with Crippen molar-refractivity contribution in [2.45, 2.75) is 19.3 Å². The van der Waals surface area contributed by atoms with Gasteiger partial charge in [-0.05, 0) is 18.8 Å². The van der Waals surface area contributed by atoms with Crippen molar-refractivity contribution in [1.82, 2.24) is 9.97 Å². The third-order valence-electron chi connectivity index (χ3n) is 2.86. The van der Waals surface area contributed by atoms with Gasteiger partial charge in [0.1, 0.15) is 5.02 Å². The molecule has 1 aromatic heterocycles. The second kappa shape index (κ2) is 4.23. The van der Waals surface area contributed by atoms with Crippen LogP contribution in [0.15, 0.2) is 6.20 Å². The van der Waals surface area contributed by atoms with Crippen molar-refractivity contribution >= 4 is 23.4 Å². The summed E-state index contributed by atoms with van der Waals surface area (Å²) >= 11 is 6.01. The molecule has 0 bridgehead atoms. The first-order valence-corrected chi connectivity index (χ1v) is 5.54. The highest BCUT2D eigenvalue weighted by Crippen LogP contribution is 2.29. The Bertz CT molecular complexity index is 351. The number of rotatable bonds is 3. The lowest BCUT2D eigenvalue weighted by Crippen LogP contribution is -2.30. The minimum atomic E-state index is 0.273. The molecule has 1 heterocycles. The molecule has 0 amide bonds. The molecular weight excluding hydrogens is 212 g/mol. The minimum absolute atomic E-state index is 0.273. The van der Waals surface area contributed by atoms with Crippen LogP contribution in [0.1, 0.15) is 19.3 Å². The fourth-order valence-corrected chi connectivity index (χ4v) is 2.02. The average Bonchev–Trinajstić information content (AvgIpc) is 2.15. The van der Waals surface area contributed by atoms with Gasteiger partial charge in [0.05, 0.1) is 6.20 Å². The zero-order valence-corrected chi connectivity index (χ0v) is 9.54. The molecule has 0 spiro atoms. The summed E-state index contributed by atoms with van der Waals surface area (Å²) in [5.74, 6) is 1.79. The molecule has 2 rings (SSSR count). The summed E-state index contributed by atoms with van der Waals surface area (Å²) in [6.07, 6.45) is 5.51. The first kappa shape index (κ1) is 10.5. The van der Waals surface area contributed by atoms with E-state index in [0.717, 1.165) is 18.3 Å². The molecule has 5 heteroatoms. The van der Waals surface area contributed by atoms with Gasteiger partial charge in [0, 0.05) is 13.6 Å². The van der Waals surface area contributed by atoms with E-state index in [1.165, 1.54) is 19.3 Å². The lowest BCUT2D eigenvalue weighted by atomic mass is 9.85. The SMILES string of the molecule is CN(CC1CCC1)c1nc(N)ncc1Cl. The van der Waals surface area contributed by atoms with E-state index in [2.05, 4.69) is 14.9 Å². The average molecular weight is 227 g/mol. The topological polar surface area (TPSA) is 55.0 Å². The van der Waals surface area contributed by atoms with Gasteiger partial charge >= 0.3 is 0 Å². The maximum Gasteiger partial charge on any atom is 0.222 e. The van der Waals surface area contributed by atoms with Gasteiger partial charge < -0.3 is 10.6 Å². The zero-order valence-electron chi connectivity index (χ0n) is 8.78. The maximum absolute atomic E-state index is 6.01. The van der Waals surface area contributed by atoms with Crippen LogP contribution in [0, 0.1) is 5.92 Å². The lowest BCUT2D eigenvalue weighted by Gasteiger charge is -2.30. The third kappa shape index (κ3) is 2.31. The van der Waals surface area contributed by atoms with Crippen molar-refractivity contribution < 1.29 is 0 Å². The molecule has 0 atom stereocenters. The number of halogens is 1. The van der Waals surface area contributed by atoms with Crippen LogP contribution in [0.2, 0.25) is 5.02 Å². The maximum atomic E-state index is 6.01. The number of anilines is 2. The molecule has 2 N–H and O–H groups in total. The van der Waals surface area contributed by atoms with Gasteiger partial charge in [-0.25, -0.2) is 4.98 Å². The fourth-order valence-electron chi connectivity index (χ4n) is 1.79. The van der Waals surface area contributed by atoms with Crippen LogP contribution in [0.25, 0.3) is 0 Å². The van der Waals surface area contributed by atoms with E-state index in [0.29, 0.717) is 5.02 Å². The predicted octanol–water partition coefficient (Wildman–Crippen LogP) is 1.95. The van der Waals surface area contributed by atoms with Crippen LogP contribution in [0.3, 0.4) is 0 Å². The van der Waals surface area contributed by atoms with Crippen molar-refractivity contribution in [2.24, 2.45) is 5.92 Å². The van der Waals surface area contributed by atoms with Gasteiger partial charge in [-0.3, -0.25) is 0 Å². The molecule has 0 saturated heterocycles. The molecule has 1 aromatic rings. The molecule has 1 aliphatic rings. The summed E-state index contributed by atoms with van der Waals surface area (Å²) in [5.41, 5.74) is 5.54. The number of hydrogen-bond acceptors (Lipinski definition) is 4. The highest BCUT2D eigenvalue weighted by molar-refractivity contribution is 6.32. The molecule has 1 fully saturated rings. The van der Waals surface area contributed by atoms with Crippen LogP contribution in [-0.2, 0) is 0 Å². The van der Waals surface area contributed by atoms with Gasteiger partial charge in [-0.15, -0.1) is 0 Å². The molecule has 15 heavy (non-hydrogen) atoms. The van der Waals surface area contributed by atoms with Gasteiger partial charge in [0.15, 0.2) is 5.82 Å². The molecule has 0 aromatic carbocycles.